The van der Waals surface area contributed by atoms with Crippen LogP contribution in [-0.4, -0.2) is 41.0 Å². The Kier molecular flexibility index (Phi) is 3.45. The summed E-state index contributed by atoms with van der Waals surface area (Å²) in [5.41, 5.74) is 0.0209. The third-order valence-electron chi connectivity index (χ3n) is 5.92. The van der Waals surface area contributed by atoms with Gasteiger partial charge in [-0.2, -0.15) is 0 Å². The second-order valence-electron chi connectivity index (χ2n) is 7.30. The van der Waals surface area contributed by atoms with Crippen molar-refractivity contribution in [2.24, 2.45) is 5.41 Å². The van der Waals surface area contributed by atoms with Crippen molar-refractivity contribution in [2.45, 2.75) is 50.7 Å². The van der Waals surface area contributed by atoms with E-state index in [4.69, 9.17) is 0 Å². The molecule has 1 saturated heterocycles. The van der Waals surface area contributed by atoms with Gasteiger partial charge in [0.05, 0.1) is 5.60 Å². The van der Waals surface area contributed by atoms with Crippen LogP contribution in [0.2, 0.25) is 0 Å². The van der Waals surface area contributed by atoms with Crippen molar-refractivity contribution in [1.29, 1.82) is 0 Å². The van der Waals surface area contributed by atoms with E-state index in [-0.39, 0.29) is 17.1 Å². The second kappa shape index (κ2) is 4.92. The Morgan fingerprint density at radius 3 is 2.62 bits per heavy atom. The second-order valence-corrected chi connectivity index (χ2v) is 7.30. The molecule has 1 N–H and O–H groups in total. The average molecular weight is 287 g/mol. The number of rotatable bonds is 1. The number of hydrogen-bond acceptors (Lipinski definition) is 3. The van der Waals surface area contributed by atoms with Crippen LogP contribution in [0.25, 0.3) is 0 Å². The molecule has 2 fully saturated rings. The molecule has 0 amide bonds. The lowest BCUT2D eigenvalue weighted by Gasteiger charge is -2.59. The molecule has 1 aliphatic heterocycles. The number of carbonyl (C=O) groups excluding carboxylic acids is 1. The lowest BCUT2D eigenvalue weighted by Crippen LogP contribution is -2.65. The minimum atomic E-state index is -0.880. The van der Waals surface area contributed by atoms with Crippen LogP contribution >= 0.6 is 0 Å². The molecule has 0 spiro atoms. The molecule has 4 unspecified atom stereocenters. The number of Topliss-reactive ketones (excluding diaryl/α,β-unsaturated/α-hetero) is 1. The van der Waals surface area contributed by atoms with Crippen LogP contribution in [0.1, 0.15) is 44.6 Å². The van der Waals surface area contributed by atoms with Gasteiger partial charge in [-0.1, -0.05) is 37.3 Å². The van der Waals surface area contributed by atoms with Crippen molar-refractivity contribution < 1.29 is 9.90 Å². The van der Waals surface area contributed by atoms with Gasteiger partial charge >= 0.3 is 0 Å². The Bertz CT molecular complexity index is 543. The molecule has 3 rings (SSSR count). The predicted molar refractivity (Wildman–Crippen MR) is 83.2 cm³/mol. The third-order valence-corrected chi connectivity index (χ3v) is 5.92. The van der Waals surface area contributed by atoms with Crippen molar-refractivity contribution in [2.75, 3.05) is 13.6 Å². The summed E-state index contributed by atoms with van der Waals surface area (Å²) < 4.78 is 0. The molecule has 1 aromatic carbocycles. The third kappa shape index (κ3) is 2.23. The Labute approximate surface area is 127 Å². The summed E-state index contributed by atoms with van der Waals surface area (Å²) in [4.78, 5) is 14.6. The smallest absolute Gasteiger partial charge is 0.136 e. The molecule has 114 valence electrons. The van der Waals surface area contributed by atoms with Gasteiger partial charge in [-0.25, -0.2) is 0 Å². The van der Waals surface area contributed by atoms with Crippen molar-refractivity contribution >= 4 is 5.78 Å². The van der Waals surface area contributed by atoms with Crippen LogP contribution in [0.5, 0.6) is 0 Å². The topological polar surface area (TPSA) is 40.5 Å². The van der Waals surface area contributed by atoms with Crippen LogP contribution in [0, 0.1) is 5.41 Å². The maximum Gasteiger partial charge on any atom is 0.136 e. The molecule has 3 heteroatoms. The molecule has 0 aromatic heterocycles. The molecule has 21 heavy (non-hydrogen) atoms. The van der Waals surface area contributed by atoms with Crippen LogP contribution in [0.3, 0.4) is 0 Å². The van der Waals surface area contributed by atoms with Crippen LogP contribution < -0.4 is 0 Å². The van der Waals surface area contributed by atoms with Crippen LogP contribution in [0.4, 0.5) is 0 Å². The first-order valence-corrected chi connectivity index (χ1v) is 7.85. The first-order chi connectivity index (χ1) is 9.86. The molecule has 2 aliphatic rings. The minimum Gasteiger partial charge on any atom is -0.389 e. The monoisotopic (exact) mass is 287 g/mol. The van der Waals surface area contributed by atoms with Gasteiger partial charge in [0.25, 0.3) is 0 Å². The molecule has 3 nitrogen and oxygen atoms in total. The highest BCUT2D eigenvalue weighted by atomic mass is 16.3. The lowest BCUT2D eigenvalue weighted by atomic mass is 9.53. The van der Waals surface area contributed by atoms with Gasteiger partial charge in [-0.3, -0.25) is 4.79 Å². The van der Waals surface area contributed by atoms with Gasteiger partial charge in [0.2, 0.25) is 0 Å². The van der Waals surface area contributed by atoms with E-state index in [1.54, 1.807) is 0 Å². The maximum absolute atomic E-state index is 12.3. The van der Waals surface area contributed by atoms with E-state index in [0.717, 1.165) is 6.54 Å². The highest BCUT2D eigenvalue weighted by molar-refractivity contribution is 5.82. The number of fused-ring (bicyclic) bond motifs is 1. The highest BCUT2D eigenvalue weighted by Gasteiger charge is 2.59. The molecular formula is C18H25NO2. The standard InChI is InChI=1S/C18H25NO2/c1-13-10-18(21)11-15(20)9-16(14-7-5-4-6-8-14)17(18,2)12-19(13)3/h4-8,13,16,21H,9-12H2,1-3H3. The van der Waals surface area contributed by atoms with Crippen LogP contribution in [-0.2, 0) is 4.79 Å². The fourth-order valence-electron chi connectivity index (χ4n) is 4.43. The molecule has 1 heterocycles. The van der Waals surface area contributed by atoms with E-state index in [1.165, 1.54) is 5.56 Å². The van der Waals surface area contributed by atoms with E-state index >= 15 is 0 Å². The van der Waals surface area contributed by atoms with Gasteiger partial charge in [-0.15, -0.1) is 0 Å². The SMILES string of the molecule is CC1CC2(O)CC(=O)CC(c3ccccc3)C2(C)CN1C. The van der Waals surface area contributed by atoms with Crippen LogP contribution in [0.15, 0.2) is 30.3 Å². The summed E-state index contributed by atoms with van der Waals surface area (Å²) in [5.74, 6) is 0.292. The van der Waals surface area contributed by atoms with E-state index in [9.17, 15) is 9.90 Å². The summed E-state index contributed by atoms with van der Waals surface area (Å²) in [7, 11) is 2.12. The molecule has 0 radical (unpaired) electrons. The lowest BCUT2D eigenvalue weighted by molar-refractivity contribution is -0.176. The van der Waals surface area contributed by atoms with E-state index in [0.29, 0.717) is 25.3 Å². The van der Waals surface area contributed by atoms with Crippen molar-refractivity contribution in [1.82, 2.24) is 4.90 Å². The Balaban J connectivity index is 2.06. The zero-order chi connectivity index (χ0) is 15.3. The van der Waals surface area contributed by atoms with Crippen molar-refractivity contribution in [3.63, 3.8) is 0 Å². The number of ketones is 1. The first-order valence-electron chi connectivity index (χ1n) is 7.85. The zero-order valence-electron chi connectivity index (χ0n) is 13.2. The van der Waals surface area contributed by atoms with E-state index in [1.807, 2.05) is 18.2 Å². The van der Waals surface area contributed by atoms with E-state index < -0.39 is 5.60 Å². The minimum absolute atomic E-state index is 0.0971. The summed E-state index contributed by atoms with van der Waals surface area (Å²) in [6, 6.07) is 10.5. The summed E-state index contributed by atoms with van der Waals surface area (Å²) in [6.07, 6.45) is 1.53. The number of aliphatic hydroxyl groups is 1. The molecule has 1 aromatic rings. The first kappa shape index (κ1) is 14.7. The fraction of sp³-hybridized carbons (Fsp3) is 0.611. The number of nitrogens with zero attached hydrogens (tertiary/aromatic N) is 1. The van der Waals surface area contributed by atoms with Crippen molar-refractivity contribution in [3.8, 4) is 0 Å². The number of benzene rings is 1. The predicted octanol–water partition coefficient (Wildman–Crippen LogP) is 2.59. The van der Waals surface area contributed by atoms with Gasteiger partial charge in [0.15, 0.2) is 0 Å². The van der Waals surface area contributed by atoms with Gasteiger partial charge in [0, 0.05) is 36.8 Å². The Morgan fingerprint density at radius 1 is 1.29 bits per heavy atom. The summed E-state index contributed by atoms with van der Waals surface area (Å²) in [6.45, 7) is 5.13. The van der Waals surface area contributed by atoms with Gasteiger partial charge < -0.3 is 10.0 Å². The van der Waals surface area contributed by atoms with Gasteiger partial charge in [0.1, 0.15) is 5.78 Å². The normalized spacial score (nSPS) is 40.9. The number of piperidine rings is 1. The van der Waals surface area contributed by atoms with Crippen molar-refractivity contribution in [3.05, 3.63) is 35.9 Å². The highest BCUT2D eigenvalue weighted by Crippen LogP contribution is 2.56. The largest absolute Gasteiger partial charge is 0.389 e. The zero-order valence-corrected chi connectivity index (χ0v) is 13.2. The Morgan fingerprint density at radius 2 is 1.95 bits per heavy atom. The average Bonchev–Trinajstić information content (AvgIpc) is 2.42. The fourth-order valence-corrected chi connectivity index (χ4v) is 4.43. The molecule has 0 bridgehead atoms. The quantitative estimate of drug-likeness (QED) is 0.863. The molecule has 1 saturated carbocycles. The number of likely N-dealkylation sites (tertiary alicyclic amines) is 1. The van der Waals surface area contributed by atoms with Gasteiger partial charge in [-0.05, 0) is 26.0 Å². The molecule has 4 atom stereocenters. The molecular weight excluding hydrogens is 262 g/mol. The number of carbonyl (C=O) groups is 1. The van der Waals surface area contributed by atoms with E-state index in [2.05, 4.69) is 37.9 Å². The Hall–Kier alpha value is -1.19. The summed E-state index contributed by atoms with van der Waals surface area (Å²) >= 11 is 0. The molecule has 1 aliphatic carbocycles. The number of hydrogen-bond donors (Lipinski definition) is 1. The summed E-state index contributed by atoms with van der Waals surface area (Å²) in [5, 5.41) is 11.3. The maximum atomic E-state index is 12.3.